The Morgan fingerprint density at radius 3 is 2.22 bits per heavy atom. The second-order valence-electron chi connectivity index (χ2n) is 13.5. The molecule has 0 radical (unpaired) electrons. The van der Waals surface area contributed by atoms with Crippen molar-refractivity contribution in [3.05, 3.63) is 106 Å². The first-order valence-corrected chi connectivity index (χ1v) is 17.7. The van der Waals surface area contributed by atoms with Crippen molar-refractivity contribution in [1.82, 2.24) is 0 Å². The maximum atomic E-state index is 15.0. The van der Waals surface area contributed by atoms with Gasteiger partial charge in [-0.15, -0.1) is 0 Å². The lowest BCUT2D eigenvalue weighted by molar-refractivity contribution is 0.0235. The lowest BCUT2D eigenvalue weighted by Gasteiger charge is -2.44. The van der Waals surface area contributed by atoms with E-state index in [1.54, 1.807) is 17.8 Å². The van der Waals surface area contributed by atoms with Gasteiger partial charge in [0.25, 0.3) is 0 Å². The minimum Gasteiger partial charge on any atom is -0.507 e. The number of hydrogen-bond acceptors (Lipinski definition) is 5. The number of allylic oxidation sites excluding steroid dienone is 1. The van der Waals surface area contributed by atoms with E-state index in [1.165, 1.54) is 5.56 Å². The number of rotatable bonds is 11. The molecule has 3 aromatic rings. The zero-order valence-electron chi connectivity index (χ0n) is 27.3. The van der Waals surface area contributed by atoms with Gasteiger partial charge in [-0.05, 0) is 53.1 Å². The van der Waals surface area contributed by atoms with E-state index in [0.29, 0.717) is 33.6 Å². The lowest BCUT2D eigenvalue weighted by atomic mass is 9.65. The SMILES string of the molecule is CCCCCC1C=C(Sc2ccccc2C(C)(C)C)C2=C(C(=S)c3c(O)ccc(-c4ccccc4)c3C2=O)C1(O)CCCCC. The molecule has 0 saturated heterocycles. The van der Waals surface area contributed by atoms with Gasteiger partial charge in [-0.2, -0.15) is 0 Å². The standard InChI is InChI=1S/C40H46O3S2/c1-6-8-11-19-27-25-32(45-31-21-15-14-20-29(31)39(3,4)5)35-36(40(27,43)24-16-9-7-2)38(44)34-30(41)23-22-28(33(34)37(35)42)26-17-12-10-13-18-26/h10,12-15,17-18,20-23,25,27,41,43H,6-9,11,16,19,24H2,1-5H3. The van der Waals surface area contributed by atoms with Crippen LogP contribution >= 0.6 is 24.0 Å². The number of carbonyl (C=O) groups is 1. The predicted molar refractivity (Wildman–Crippen MR) is 192 cm³/mol. The second kappa shape index (κ2) is 13.8. The van der Waals surface area contributed by atoms with Crippen molar-refractivity contribution in [2.45, 2.75) is 102 Å². The van der Waals surface area contributed by atoms with E-state index in [1.807, 2.05) is 42.5 Å². The first-order chi connectivity index (χ1) is 21.5. The smallest absolute Gasteiger partial charge is 0.196 e. The van der Waals surface area contributed by atoms with Gasteiger partial charge in [-0.25, -0.2) is 0 Å². The van der Waals surface area contributed by atoms with Gasteiger partial charge in [0.15, 0.2) is 5.78 Å². The number of thiocarbonyl (C=S) groups is 1. The van der Waals surface area contributed by atoms with Crippen molar-refractivity contribution in [2.75, 3.05) is 0 Å². The van der Waals surface area contributed by atoms with E-state index in [9.17, 15) is 10.2 Å². The summed E-state index contributed by atoms with van der Waals surface area (Å²) in [6, 6.07) is 21.6. The number of Topliss-reactive ketones (excluding diaryl/α,β-unsaturated/α-hetero) is 1. The maximum absolute atomic E-state index is 15.0. The Hall–Kier alpha value is -2.99. The minimum absolute atomic E-state index is 0.0187. The van der Waals surface area contributed by atoms with E-state index >= 15 is 4.79 Å². The van der Waals surface area contributed by atoms with E-state index in [2.05, 4.69) is 58.9 Å². The average Bonchev–Trinajstić information content (AvgIpc) is 3.01. The van der Waals surface area contributed by atoms with Gasteiger partial charge in [0.05, 0.1) is 10.5 Å². The van der Waals surface area contributed by atoms with Crippen LogP contribution in [0.2, 0.25) is 0 Å². The fraction of sp³-hybridized carbons (Fsp3) is 0.400. The molecule has 0 saturated carbocycles. The Morgan fingerprint density at radius 2 is 1.53 bits per heavy atom. The molecular formula is C40H46O3S2. The highest BCUT2D eigenvalue weighted by molar-refractivity contribution is 8.03. The third kappa shape index (κ3) is 6.50. The van der Waals surface area contributed by atoms with Crippen molar-refractivity contribution < 1.29 is 15.0 Å². The van der Waals surface area contributed by atoms with Crippen LogP contribution in [-0.4, -0.2) is 26.5 Å². The topological polar surface area (TPSA) is 57.5 Å². The monoisotopic (exact) mass is 638 g/mol. The number of thioether (sulfide) groups is 1. The molecule has 0 aliphatic heterocycles. The summed E-state index contributed by atoms with van der Waals surface area (Å²) in [5.41, 5.74) is 3.25. The summed E-state index contributed by atoms with van der Waals surface area (Å²) < 4.78 is 0. The average molecular weight is 639 g/mol. The first-order valence-electron chi connectivity index (χ1n) is 16.5. The summed E-state index contributed by atoms with van der Waals surface area (Å²) in [4.78, 5) is 17.4. The van der Waals surface area contributed by atoms with Crippen LogP contribution in [0.5, 0.6) is 5.75 Å². The Balaban J connectivity index is 1.76. The Bertz CT molecular complexity index is 1640. The molecule has 0 fully saturated rings. The molecule has 5 heteroatoms. The number of hydrogen-bond donors (Lipinski definition) is 2. The largest absolute Gasteiger partial charge is 0.507 e. The van der Waals surface area contributed by atoms with Gasteiger partial charge in [0, 0.05) is 38.0 Å². The molecule has 2 atom stereocenters. The second-order valence-corrected chi connectivity index (χ2v) is 15.0. The first kappa shape index (κ1) is 33.4. The molecule has 45 heavy (non-hydrogen) atoms. The normalized spacial score (nSPS) is 19.8. The van der Waals surface area contributed by atoms with Crippen molar-refractivity contribution >= 4 is 34.6 Å². The highest BCUT2D eigenvalue weighted by Crippen LogP contribution is 2.54. The third-order valence-electron chi connectivity index (χ3n) is 9.27. The number of aromatic hydroxyl groups is 1. The zero-order valence-corrected chi connectivity index (χ0v) is 28.9. The van der Waals surface area contributed by atoms with Gasteiger partial charge >= 0.3 is 0 Å². The van der Waals surface area contributed by atoms with Crippen molar-refractivity contribution in [3.63, 3.8) is 0 Å². The number of phenolic OH excluding ortho intramolecular Hbond substituents is 1. The molecule has 0 heterocycles. The summed E-state index contributed by atoms with van der Waals surface area (Å²) >= 11 is 7.87. The Labute approximate surface area is 278 Å². The van der Waals surface area contributed by atoms with E-state index in [4.69, 9.17) is 12.2 Å². The van der Waals surface area contributed by atoms with Crippen LogP contribution in [-0.2, 0) is 5.41 Å². The van der Waals surface area contributed by atoms with E-state index < -0.39 is 5.60 Å². The molecule has 0 aromatic heterocycles. The van der Waals surface area contributed by atoms with Gasteiger partial charge in [-0.1, -0.05) is 152 Å². The van der Waals surface area contributed by atoms with Crippen LogP contribution in [0.1, 0.15) is 107 Å². The minimum atomic E-state index is -1.30. The third-order valence-corrected chi connectivity index (χ3v) is 10.8. The molecule has 3 nitrogen and oxygen atoms in total. The molecule has 2 aliphatic carbocycles. The molecule has 0 bridgehead atoms. The number of fused-ring (bicyclic) bond motifs is 1. The fourth-order valence-electron chi connectivity index (χ4n) is 6.90. The molecule has 5 rings (SSSR count). The summed E-state index contributed by atoms with van der Waals surface area (Å²) in [6.45, 7) is 11.0. The molecule has 0 spiro atoms. The van der Waals surface area contributed by atoms with Gasteiger partial charge in [0.2, 0.25) is 0 Å². The molecule has 3 aromatic carbocycles. The van der Waals surface area contributed by atoms with Crippen LogP contribution < -0.4 is 0 Å². The number of carbonyl (C=O) groups excluding carboxylic acids is 1. The van der Waals surface area contributed by atoms with Crippen LogP contribution in [0, 0.1) is 5.92 Å². The number of unbranched alkanes of at least 4 members (excludes halogenated alkanes) is 4. The van der Waals surface area contributed by atoms with Crippen molar-refractivity contribution in [3.8, 4) is 16.9 Å². The molecule has 2 N–H and O–H groups in total. The summed E-state index contributed by atoms with van der Waals surface area (Å²) in [6.07, 6.45) is 9.48. The van der Waals surface area contributed by atoms with Gasteiger partial charge < -0.3 is 10.2 Å². The molecule has 2 aliphatic rings. The summed E-state index contributed by atoms with van der Waals surface area (Å²) in [5.74, 6) is -0.401. The van der Waals surface area contributed by atoms with Crippen LogP contribution in [0.15, 0.2) is 93.8 Å². The predicted octanol–water partition coefficient (Wildman–Crippen LogP) is 10.8. The summed E-state index contributed by atoms with van der Waals surface area (Å²) in [7, 11) is 0. The Morgan fingerprint density at radius 1 is 0.867 bits per heavy atom. The van der Waals surface area contributed by atoms with Gasteiger partial charge in [0.1, 0.15) is 5.75 Å². The van der Waals surface area contributed by atoms with Crippen LogP contribution in [0.4, 0.5) is 0 Å². The van der Waals surface area contributed by atoms with Crippen molar-refractivity contribution in [1.29, 1.82) is 0 Å². The zero-order chi connectivity index (χ0) is 32.4. The molecule has 236 valence electrons. The van der Waals surface area contributed by atoms with Crippen molar-refractivity contribution in [2.24, 2.45) is 5.92 Å². The number of aliphatic hydroxyl groups is 1. The molecular weight excluding hydrogens is 593 g/mol. The fourth-order valence-corrected chi connectivity index (χ4v) is 8.78. The van der Waals surface area contributed by atoms with Gasteiger partial charge in [-0.3, -0.25) is 4.79 Å². The lowest BCUT2D eigenvalue weighted by Crippen LogP contribution is -2.47. The highest BCUT2D eigenvalue weighted by Gasteiger charge is 2.50. The number of benzene rings is 3. The molecule has 2 unspecified atom stereocenters. The highest BCUT2D eigenvalue weighted by atomic mass is 32.2. The summed E-state index contributed by atoms with van der Waals surface area (Å²) in [5, 5.41) is 24.2. The van der Waals surface area contributed by atoms with Crippen LogP contribution in [0.25, 0.3) is 11.1 Å². The number of phenols is 1. The molecule has 0 amide bonds. The van der Waals surface area contributed by atoms with E-state index in [-0.39, 0.29) is 22.9 Å². The van der Waals surface area contributed by atoms with E-state index in [0.717, 1.165) is 65.9 Å². The number of ketones is 1. The quantitative estimate of drug-likeness (QED) is 0.162. The van der Waals surface area contributed by atoms with Crippen LogP contribution in [0.3, 0.4) is 0 Å². The maximum Gasteiger partial charge on any atom is 0.196 e. The Kier molecular flexibility index (Phi) is 10.2.